The Bertz CT molecular complexity index is 1930. The van der Waals surface area contributed by atoms with Crippen molar-refractivity contribution in [3.05, 3.63) is 95.2 Å². The lowest BCUT2D eigenvalue weighted by atomic mass is 9.95. The maximum Gasteiger partial charge on any atom is 0.416 e. The van der Waals surface area contributed by atoms with Crippen LogP contribution in [0.3, 0.4) is 0 Å². The lowest BCUT2D eigenvalue weighted by Gasteiger charge is -2.34. The molecule has 0 saturated carbocycles. The number of hydrogen-bond donors (Lipinski definition) is 4. The summed E-state index contributed by atoms with van der Waals surface area (Å²) in [5, 5.41) is 5.79. The summed E-state index contributed by atoms with van der Waals surface area (Å²) >= 11 is 0. The smallest absolute Gasteiger partial charge is 0.399 e. The first-order chi connectivity index (χ1) is 22.1. The fourth-order valence-corrected chi connectivity index (χ4v) is 6.93. The van der Waals surface area contributed by atoms with Crippen LogP contribution in [0.1, 0.15) is 17.2 Å². The summed E-state index contributed by atoms with van der Waals surface area (Å²) in [7, 11) is -7.39. The Balaban J connectivity index is 1.26. The van der Waals surface area contributed by atoms with E-state index >= 15 is 0 Å². The highest BCUT2D eigenvalue weighted by atomic mass is 32.2. The van der Waals surface area contributed by atoms with Gasteiger partial charge in [-0.25, -0.2) is 26.4 Å². The van der Waals surface area contributed by atoms with Gasteiger partial charge in [0.2, 0.25) is 10.0 Å². The zero-order valence-electron chi connectivity index (χ0n) is 24.9. The number of urea groups is 1. The molecule has 2 aliphatic heterocycles. The fraction of sp³-hybridized carbons (Fsp3) is 0.267. The second-order valence-corrected chi connectivity index (χ2v) is 14.7. The van der Waals surface area contributed by atoms with Crippen LogP contribution in [0.5, 0.6) is 0 Å². The van der Waals surface area contributed by atoms with Crippen molar-refractivity contribution in [1.82, 2.24) is 20.3 Å². The Kier molecular flexibility index (Phi) is 9.36. The molecule has 5 N–H and O–H groups in total. The van der Waals surface area contributed by atoms with E-state index < -0.39 is 49.6 Å². The number of nitrogens with zero attached hydrogens (tertiary/aromatic N) is 2. The summed E-state index contributed by atoms with van der Waals surface area (Å²) < 4.78 is 91.3. The van der Waals surface area contributed by atoms with E-state index in [1.807, 2.05) is 0 Å². The van der Waals surface area contributed by atoms with Gasteiger partial charge in [-0.2, -0.15) is 13.2 Å². The van der Waals surface area contributed by atoms with Crippen molar-refractivity contribution in [2.24, 2.45) is 0 Å². The molecule has 12 nitrogen and oxygen atoms in total. The minimum atomic E-state index is -4.65. The number of nitrogens with one attached hydrogen (secondary N) is 3. The number of benzene rings is 3. The van der Waals surface area contributed by atoms with Crippen molar-refractivity contribution < 1.29 is 39.6 Å². The van der Waals surface area contributed by atoms with Crippen molar-refractivity contribution in [3.63, 3.8) is 0 Å². The molecule has 0 spiro atoms. The maximum atomic E-state index is 13.7. The van der Waals surface area contributed by atoms with Gasteiger partial charge < -0.3 is 21.3 Å². The maximum absolute atomic E-state index is 13.7. The van der Waals surface area contributed by atoms with Crippen LogP contribution in [0.4, 0.5) is 29.3 Å². The number of nitrogen functional groups attached to an aromatic ring is 1. The molecule has 3 aromatic rings. The van der Waals surface area contributed by atoms with Gasteiger partial charge in [-0.1, -0.05) is 18.2 Å². The molecule has 0 bridgehead atoms. The lowest BCUT2D eigenvalue weighted by molar-refractivity contribution is -0.137. The summed E-state index contributed by atoms with van der Waals surface area (Å²) in [5.41, 5.74) is 6.30. The van der Waals surface area contributed by atoms with Crippen LogP contribution < -0.4 is 26.0 Å². The van der Waals surface area contributed by atoms with E-state index in [0.717, 1.165) is 23.3 Å². The molecular weight excluding hydrogens is 661 g/mol. The molecule has 2 heterocycles. The summed E-state index contributed by atoms with van der Waals surface area (Å²) in [6, 6.07) is 14.1. The van der Waals surface area contributed by atoms with Crippen molar-refractivity contribution in [1.29, 1.82) is 0 Å². The van der Waals surface area contributed by atoms with Gasteiger partial charge in [-0.05, 0) is 60.2 Å². The number of carbonyl (C=O) groups is 2. The molecule has 1 atom stereocenters. The lowest BCUT2D eigenvalue weighted by Crippen LogP contribution is -2.47. The number of hydrogen-bond acceptors (Lipinski definition) is 8. The van der Waals surface area contributed by atoms with E-state index in [2.05, 4.69) is 15.4 Å². The highest BCUT2D eigenvalue weighted by Gasteiger charge is 2.45. The molecule has 0 aliphatic carbocycles. The number of sulfone groups is 1. The van der Waals surface area contributed by atoms with E-state index in [1.165, 1.54) is 41.3 Å². The van der Waals surface area contributed by atoms with Gasteiger partial charge in [0, 0.05) is 38.1 Å². The average molecular weight is 693 g/mol. The first-order valence-electron chi connectivity index (χ1n) is 14.2. The topological polar surface area (TPSA) is 171 Å². The molecule has 1 unspecified atom stereocenters. The number of rotatable bonds is 11. The summed E-state index contributed by atoms with van der Waals surface area (Å²) in [6.45, 7) is 0.486. The number of nitrogens with two attached hydrogens (primary N) is 1. The molecule has 5 rings (SSSR count). The number of sulfonamides is 1. The third-order valence-electron chi connectivity index (χ3n) is 7.61. The third kappa shape index (κ3) is 7.43. The van der Waals surface area contributed by atoms with Gasteiger partial charge in [-0.15, -0.1) is 0 Å². The van der Waals surface area contributed by atoms with Gasteiger partial charge in [-0.3, -0.25) is 9.69 Å². The fourth-order valence-electron chi connectivity index (χ4n) is 5.27. The summed E-state index contributed by atoms with van der Waals surface area (Å²) in [6.07, 6.45) is -3.63. The zero-order chi connectivity index (χ0) is 34.1. The molecule has 0 radical (unpaired) electrons. The number of halogens is 3. The molecule has 0 aromatic heterocycles. The molecule has 0 saturated heterocycles. The first kappa shape index (κ1) is 33.9. The molecule has 17 heteroatoms. The molecule has 0 fully saturated rings. The number of alkyl halides is 3. The Hall–Kier alpha value is -4.45. The van der Waals surface area contributed by atoms with Gasteiger partial charge in [0.1, 0.15) is 0 Å². The minimum absolute atomic E-state index is 0.0105. The van der Waals surface area contributed by atoms with Crippen LogP contribution in [0.15, 0.2) is 93.9 Å². The van der Waals surface area contributed by atoms with E-state index in [9.17, 15) is 39.6 Å². The summed E-state index contributed by atoms with van der Waals surface area (Å²) in [5.74, 6) is -0.418. The Morgan fingerprint density at radius 3 is 2.21 bits per heavy atom. The van der Waals surface area contributed by atoms with E-state index in [0.29, 0.717) is 11.3 Å². The number of anilines is 2. The van der Waals surface area contributed by atoms with Gasteiger partial charge in [0.15, 0.2) is 9.84 Å². The Morgan fingerprint density at radius 2 is 1.57 bits per heavy atom. The van der Waals surface area contributed by atoms with Crippen molar-refractivity contribution in [2.45, 2.75) is 22.0 Å². The van der Waals surface area contributed by atoms with E-state index in [1.54, 1.807) is 24.3 Å². The van der Waals surface area contributed by atoms with Crippen LogP contribution >= 0.6 is 0 Å². The quantitative estimate of drug-likeness (QED) is 0.176. The summed E-state index contributed by atoms with van der Waals surface area (Å²) in [4.78, 5) is 29.5. The predicted molar refractivity (Wildman–Crippen MR) is 167 cm³/mol. The van der Waals surface area contributed by atoms with Gasteiger partial charge in [0.05, 0.1) is 44.9 Å². The first-order valence-corrected chi connectivity index (χ1v) is 17.6. The molecule has 47 heavy (non-hydrogen) atoms. The van der Waals surface area contributed by atoms with Crippen LogP contribution in [0.25, 0.3) is 0 Å². The normalized spacial score (nSPS) is 17.2. The molecule has 3 amide bonds. The highest BCUT2D eigenvalue weighted by Crippen LogP contribution is 2.40. The standard InChI is InChI=1S/C30H31F3N6O6S2/c1-46(42,43)23-9-11-24(12-10-23)47(44,45)36-14-13-35-15-16-38-18-25-26(28(38)40)27(19-5-7-21(34)8-6-19)37-29(41)39(25)22-4-2-3-20(17-22)30(31,32)33/h2-12,17,27,35-36H,13-16,18,34H2,1H3,(H,37,41). The van der Waals surface area contributed by atoms with E-state index in [4.69, 9.17) is 5.73 Å². The Labute approximate surface area is 269 Å². The molecule has 3 aromatic carbocycles. The second kappa shape index (κ2) is 13.0. The van der Waals surface area contributed by atoms with Crippen LogP contribution in [-0.4, -0.2) is 72.7 Å². The molecule has 250 valence electrons. The van der Waals surface area contributed by atoms with E-state index in [-0.39, 0.29) is 59.5 Å². The second-order valence-electron chi connectivity index (χ2n) is 10.9. The van der Waals surface area contributed by atoms with Crippen LogP contribution in [-0.2, 0) is 30.8 Å². The minimum Gasteiger partial charge on any atom is -0.399 e. The number of amides is 3. The zero-order valence-corrected chi connectivity index (χ0v) is 26.5. The van der Waals surface area contributed by atoms with Gasteiger partial charge in [0.25, 0.3) is 5.91 Å². The monoisotopic (exact) mass is 692 g/mol. The SMILES string of the molecule is CS(=O)(=O)c1ccc(S(=O)(=O)NCCNCCN2CC3=C(C2=O)C(c2ccc(N)cc2)NC(=O)N3c2cccc(C(F)(F)F)c2)cc1. The van der Waals surface area contributed by atoms with Gasteiger partial charge >= 0.3 is 12.2 Å². The Morgan fingerprint density at radius 1 is 0.915 bits per heavy atom. The average Bonchev–Trinajstić information content (AvgIpc) is 3.33. The highest BCUT2D eigenvalue weighted by molar-refractivity contribution is 7.90. The van der Waals surface area contributed by atoms with Crippen molar-refractivity contribution in [3.8, 4) is 0 Å². The molecule has 2 aliphatic rings. The van der Waals surface area contributed by atoms with Crippen molar-refractivity contribution >= 4 is 43.2 Å². The predicted octanol–water partition coefficient (Wildman–Crippen LogP) is 2.63. The van der Waals surface area contributed by atoms with Crippen LogP contribution in [0, 0.1) is 0 Å². The number of carbonyl (C=O) groups excluding carboxylic acids is 2. The van der Waals surface area contributed by atoms with Crippen LogP contribution in [0.2, 0.25) is 0 Å². The third-order valence-corrected chi connectivity index (χ3v) is 10.2. The van der Waals surface area contributed by atoms with Crippen molar-refractivity contribution in [2.75, 3.05) is 49.6 Å². The largest absolute Gasteiger partial charge is 0.416 e. The molecular formula is C30H31F3N6O6S2.